The van der Waals surface area contributed by atoms with Gasteiger partial charge in [-0.15, -0.1) is 12.6 Å². The quantitative estimate of drug-likeness (QED) is 0.396. The van der Waals surface area contributed by atoms with Gasteiger partial charge in [0.15, 0.2) is 0 Å². The van der Waals surface area contributed by atoms with E-state index in [4.69, 9.17) is 5.73 Å². The molecule has 1 nitrogen and oxygen atoms in total. The SMILES string of the molecule is Nc1c[c]c(S)cc1. The van der Waals surface area contributed by atoms with Crippen molar-refractivity contribution in [3.8, 4) is 0 Å². The molecule has 2 N–H and O–H groups in total. The first-order valence-corrected chi connectivity index (χ1v) is 2.70. The maximum absolute atomic E-state index is 5.36. The lowest BCUT2D eigenvalue weighted by molar-refractivity contribution is 1.46. The van der Waals surface area contributed by atoms with E-state index in [-0.39, 0.29) is 0 Å². The Labute approximate surface area is 53.9 Å². The van der Waals surface area contributed by atoms with E-state index in [0.29, 0.717) is 0 Å². The van der Waals surface area contributed by atoms with Crippen LogP contribution in [0.1, 0.15) is 0 Å². The van der Waals surface area contributed by atoms with Crippen LogP contribution in [0, 0.1) is 6.07 Å². The van der Waals surface area contributed by atoms with Gasteiger partial charge in [0, 0.05) is 10.6 Å². The normalized spacial score (nSPS) is 9.12. The highest BCUT2D eigenvalue weighted by molar-refractivity contribution is 7.80. The summed E-state index contributed by atoms with van der Waals surface area (Å²) in [5.74, 6) is 0. The molecule has 0 fully saturated rings. The highest BCUT2D eigenvalue weighted by Gasteiger charge is 1.81. The third-order valence-corrected chi connectivity index (χ3v) is 1.10. The molecular weight excluding hydrogens is 118 g/mol. The molecule has 0 saturated heterocycles. The predicted octanol–water partition coefficient (Wildman–Crippen LogP) is 1.36. The third-order valence-electron chi connectivity index (χ3n) is 0.820. The van der Waals surface area contributed by atoms with Crippen molar-refractivity contribution in [2.75, 3.05) is 5.73 Å². The van der Waals surface area contributed by atoms with Crippen molar-refractivity contribution in [1.82, 2.24) is 0 Å². The molecule has 41 valence electrons. The molecular formula is C6H6NS. The van der Waals surface area contributed by atoms with Gasteiger partial charge in [0.05, 0.1) is 0 Å². The van der Waals surface area contributed by atoms with Gasteiger partial charge in [-0.25, -0.2) is 0 Å². The molecule has 0 atom stereocenters. The average Bonchev–Trinajstić information content (AvgIpc) is 1.77. The summed E-state index contributed by atoms with van der Waals surface area (Å²) < 4.78 is 0. The minimum absolute atomic E-state index is 0.725. The number of hydrogen-bond acceptors (Lipinski definition) is 2. The van der Waals surface area contributed by atoms with Crippen LogP contribution in [0.15, 0.2) is 23.1 Å². The lowest BCUT2D eigenvalue weighted by Crippen LogP contribution is -1.81. The molecule has 0 amide bonds. The molecule has 0 aliphatic rings. The summed E-state index contributed by atoms with van der Waals surface area (Å²) in [7, 11) is 0. The molecule has 1 radical (unpaired) electrons. The van der Waals surface area contributed by atoms with E-state index in [9.17, 15) is 0 Å². The number of anilines is 1. The molecule has 0 aliphatic carbocycles. The molecule has 2 heteroatoms. The Morgan fingerprint density at radius 2 is 2.25 bits per heavy atom. The minimum atomic E-state index is 0.725. The molecule has 1 aromatic rings. The summed E-state index contributed by atoms with van der Waals surface area (Å²) >= 11 is 4.02. The van der Waals surface area contributed by atoms with Crippen molar-refractivity contribution in [2.24, 2.45) is 0 Å². The second-order valence-electron chi connectivity index (χ2n) is 1.51. The lowest BCUT2D eigenvalue weighted by Gasteiger charge is -1.88. The van der Waals surface area contributed by atoms with Crippen LogP contribution in [0.5, 0.6) is 0 Å². The zero-order valence-corrected chi connectivity index (χ0v) is 5.15. The Morgan fingerprint density at radius 1 is 1.50 bits per heavy atom. The fraction of sp³-hybridized carbons (Fsp3) is 0. The Bertz CT molecular complexity index is 147. The van der Waals surface area contributed by atoms with E-state index in [0.717, 1.165) is 10.6 Å². The second-order valence-corrected chi connectivity index (χ2v) is 1.99. The van der Waals surface area contributed by atoms with Gasteiger partial charge in [0.2, 0.25) is 0 Å². The molecule has 0 heterocycles. The van der Waals surface area contributed by atoms with E-state index >= 15 is 0 Å². The van der Waals surface area contributed by atoms with Gasteiger partial charge in [0.1, 0.15) is 0 Å². The van der Waals surface area contributed by atoms with Crippen LogP contribution in [0.2, 0.25) is 0 Å². The van der Waals surface area contributed by atoms with Gasteiger partial charge < -0.3 is 5.73 Å². The standard InChI is InChI=1S/C6H6NS/c7-5-1-3-6(8)4-2-5/h1-3,8H,7H2. The molecule has 1 rings (SSSR count). The number of nitrogens with two attached hydrogens (primary N) is 1. The molecule has 0 saturated carbocycles. The van der Waals surface area contributed by atoms with Crippen LogP contribution in [-0.4, -0.2) is 0 Å². The topological polar surface area (TPSA) is 26.0 Å². The van der Waals surface area contributed by atoms with E-state index < -0.39 is 0 Å². The first-order valence-electron chi connectivity index (χ1n) is 2.25. The highest BCUT2D eigenvalue weighted by atomic mass is 32.1. The number of rotatable bonds is 0. The first kappa shape index (κ1) is 5.51. The first-order chi connectivity index (χ1) is 3.79. The Hall–Kier alpha value is -0.630. The molecule has 0 aromatic heterocycles. The predicted molar refractivity (Wildman–Crippen MR) is 36.9 cm³/mol. The Morgan fingerprint density at radius 3 is 2.62 bits per heavy atom. The van der Waals surface area contributed by atoms with Gasteiger partial charge in [-0.05, 0) is 24.3 Å². The fourth-order valence-electron chi connectivity index (χ4n) is 0.429. The molecule has 0 bridgehead atoms. The molecule has 8 heavy (non-hydrogen) atoms. The monoisotopic (exact) mass is 124 g/mol. The number of nitrogen functional groups attached to an aromatic ring is 1. The van der Waals surface area contributed by atoms with Crippen LogP contribution in [0.25, 0.3) is 0 Å². The van der Waals surface area contributed by atoms with Crippen molar-refractivity contribution < 1.29 is 0 Å². The zero-order chi connectivity index (χ0) is 5.98. The summed E-state index contributed by atoms with van der Waals surface area (Å²) in [6.45, 7) is 0. The van der Waals surface area contributed by atoms with Gasteiger partial charge >= 0.3 is 0 Å². The summed E-state index contributed by atoms with van der Waals surface area (Å²) in [5.41, 5.74) is 6.09. The zero-order valence-electron chi connectivity index (χ0n) is 4.26. The van der Waals surface area contributed by atoms with Crippen LogP contribution in [-0.2, 0) is 0 Å². The van der Waals surface area contributed by atoms with E-state index in [1.54, 1.807) is 18.2 Å². The molecule has 1 aromatic carbocycles. The van der Waals surface area contributed by atoms with E-state index in [2.05, 4.69) is 18.7 Å². The van der Waals surface area contributed by atoms with E-state index in [1.165, 1.54) is 0 Å². The van der Waals surface area contributed by atoms with Crippen molar-refractivity contribution in [1.29, 1.82) is 0 Å². The fourth-order valence-corrected chi connectivity index (χ4v) is 0.568. The smallest absolute Gasteiger partial charge is 0.0321 e. The van der Waals surface area contributed by atoms with Gasteiger partial charge in [0.25, 0.3) is 0 Å². The summed E-state index contributed by atoms with van der Waals surface area (Å²) in [4.78, 5) is 0.819. The number of hydrogen-bond donors (Lipinski definition) is 2. The highest BCUT2D eigenvalue weighted by Crippen LogP contribution is 2.06. The molecule has 0 aliphatic heterocycles. The van der Waals surface area contributed by atoms with Crippen molar-refractivity contribution >= 4 is 18.3 Å². The van der Waals surface area contributed by atoms with Crippen LogP contribution >= 0.6 is 12.6 Å². The van der Waals surface area contributed by atoms with Crippen LogP contribution in [0.4, 0.5) is 5.69 Å². The van der Waals surface area contributed by atoms with Crippen molar-refractivity contribution in [3.63, 3.8) is 0 Å². The van der Waals surface area contributed by atoms with Gasteiger partial charge in [-0.2, -0.15) is 0 Å². The molecule has 0 spiro atoms. The Balaban J connectivity index is 3.03. The average molecular weight is 124 g/mol. The van der Waals surface area contributed by atoms with Gasteiger partial charge in [-0.3, -0.25) is 0 Å². The largest absolute Gasteiger partial charge is 0.399 e. The maximum Gasteiger partial charge on any atom is 0.0321 e. The Kier molecular flexibility index (Phi) is 1.44. The van der Waals surface area contributed by atoms with Crippen molar-refractivity contribution in [3.05, 3.63) is 24.3 Å². The van der Waals surface area contributed by atoms with Crippen LogP contribution < -0.4 is 5.73 Å². The third kappa shape index (κ3) is 1.17. The second kappa shape index (κ2) is 2.09. The lowest BCUT2D eigenvalue weighted by atomic mass is 10.3. The summed E-state index contributed by atoms with van der Waals surface area (Å²) in [5, 5.41) is 0. The summed E-state index contributed by atoms with van der Waals surface area (Å²) in [6, 6.07) is 8.13. The van der Waals surface area contributed by atoms with Gasteiger partial charge in [-0.1, -0.05) is 0 Å². The summed E-state index contributed by atoms with van der Waals surface area (Å²) in [6.07, 6.45) is 0. The van der Waals surface area contributed by atoms with E-state index in [1.807, 2.05) is 0 Å². The number of thiol groups is 1. The number of benzene rings is 1. The van der Waals surface area contributed by atoms with Crippen LogP contribution in [0.3, 0.4) is 0 Å². The van der Waals surface area contributed by atoms with Crippen molar-refractivity contribution in [2.45, 2.75) is 4.90 Å². The molecule has 0 unspecified atom stereocenters. The maximum atomic E-state index is 5.36. The minimum Gasteiger partial charge on any atom is -0.399 e.